The molecule has 1 unspecified atom stereocenters. The van der Waals surface area contributed by atoms with Gasteiger partial charge in [-0.15, -0.1) is 0 Å². The Labute approximate surface area is 366 Å². The van der Waals surface area contributed by atoms with Crippen molar-refractivity contribution in [1.29, 1.82) is 0 Å². The van der Waals surface area contributed by atoms with Gasteiger partial charge in [-0.05, 0) is 96.1 Å². The Hall–Kier alpha value is -1.96. The van der Waals surface area contributed by atoms with Crippen LogP contribution in [-0.2, 0) is 28.6 Å². The van der Waals surface area contributed by atoms with Gasteiger partial charge in [0.15, 0.2) is 0 Å². The first-order valence-corrected chi connectivity index (χ1v) is 24.7. The van der Waals surface area contributed by atoms with Gasteiger partial charge in [-0.3, -0.25) is 0 Å². The molecule has 0 radical (unpaired) electrons. The predicted octanol–water partition coefficient (Wildman–Crippen LogP) is 8.24. The van der Waals surface area contributed by atoms with E-state index in [1.165, 1.54) is 21.3 Å². The highest BCUT2D eigenvalue weighted by Gasteiger charge is 2.26. The second kappa shape index (κ2) is 33.2. The zero-order chi connectivity index (χ0) is 39.5. The molecule has 8 nitrogen and oxygen atoms in total. The Morgan fingerprint density at radius 2 is 1.04 bits per heavy atom. The molecular formula is C40H53Br5NO7P. The third-order valence-electron chi connectivity index (χ3n) is 7.73. The number of ether oxygens (including phenoxy) is 3. The van der Waals surface area contributed by atoms with Crippen LogP contribution in [0.5, 0.6) is 0 Å². The van der Waals surface area contributed by atoms with Crippen molar-refractivity contribution >= 4 is 96.5 Å². The minimum atomic E-state index is -0.997. The van der Waals surface area contributed by atoms with Gasteiger partial charge in [0, 0.05) is 10.9 Å². The smallest absolute Gasteiger partial charge is 0.339 e. The fourth-order valence-electron chi connectivity index (χ4n) is 4.53. The number of quaternary nitrogens is 1. The highest BCUT2D eigenvalue weighted by atomic mass is 80.0. The highest BCUT2D eigenvalue weighted by molar-refractivity contribution is 9.93. The van der Waals surface area contributed by atoms with Crippen molar-refractivity contribution < 1.29 is 55.2 Å². The molecule has 0 aliphatic heterocycles. The molecule has 0 saturated carbocycles. The Bertz CT molecular complexity index is 1530. The maximum atomic E-state index is 12.0. The van der Waals surface area contributed by atoms with Crippen LogP contribution >= 0.6 is 66.4 Å². The largest absolute Gasteiger partial charge is 1.00 e. The van der Waals surface area contributed by atoms with Gasteiger partial charge in [-0.25, -0.2) is 14.4 Å². The van der Waals surface area contributed by atoms with E-state index in [2.05, 4.69) is 99.2 Å². The van der Waals surface area contributed by atoms with Crippen LogP contribution in [0.4, 0.5) is 0 Å². The summed E-state index contributed by atoms with van der Waals surface area (Å²) in [5.74, 6) is -1.13. The molecule has 0 saturated heterocycles. The summed E-state index contributed by atoms with van der Waals surface area (Å²) >= 11 is 12.8. The monoisotopic (exact) mass is 1080 g/mol. The predicted molar refractivity (Wildman–Crippen MR) is 236 cm³/mol. The van der Waals surface area contributed by atoms with Crippen LogP contribution in [0.3, 0.4) is 0 Å². The van der Waals surface area contributed by atoms with Crippen molar-refractivity contribution in [3.8, 4) is 0 Å². The molecule has 0 bridgehead atoms. The molecule has 54 heavy (non-hydrogen) atoms. The molecule has 0 heterocycles. The summed E-state index contributed by atoms with van der Waals surface area (Å²) in [7, 11) is 4.08. The molecule has 3 aromatic carbocycles. The van der Waals surface area contributed by atoms with Crippen LogP contribution in [0.25, 0.3) is 12.2 Å². The summed E-state index contributed by atoms with van der Waals surface area (Å²) in [6, 6.07) is 28.4. The highest BCUT2D eigenvalue weighted by Crippen LogP contribution is 2.59. The van der Waals surface area contributed by atoms with Crippen molar-refractivity contribution in [3.63, 3.8) is 0 Å². The normalized spacial score (nSPS) is 11.2. The van der Waals surface area contributed by atoms with Crippen LogP contribution in [0.2, 0.25) is 0 Å². The number of esters is 3. The maximum Gasteiger partial charge on any atom is 0.339 e. The number of aliphatic hydroxyl groups excluding tert-OH is 1. The lowest BCUT2D eigenvalue weighted by atomic mass is 10.0. The molecule has 0 aliphatic rings. The molecule has 0 aromatic heterocycles. The Kier molecular flexibility index (Phi) is 34.7. The van der Waals surface area contributed by atoms with E-state index in [1.807, 2.05) is 72.8 Å². The standard InChI is InChI=1S/C17H26NO2.C11H11BrO2.C11H12O3.CH4.Br3P.BrH/c1-5-18(6-2,7-3)14-16(17(19)20-4)13-15-11-9-8-10-12-15;1-14-11(13)10(8-12)7-9-5-3-2-4-6-9;1-8(11(13)14-2)10(12)9-6-4-3-5-7-9;;1-4(2)3;/h8-13H,5-7,14H2,1-4H3;2-7H,8H2,1H3;3-7,10,12H,1H2,2H3;1H4;;1H/q+1;;;;;/p-1/b16-13-;10-7-;;;;. The summed E-state index contributed by atoms with van der Waals surface area (Å²) < 4.78 is 14.8. The lowest BCUT2D eigenvalue weighted by Crippen LogP contribution is -3.00. The fourth-order valence-corrected chi connectivity index (χ4v) is 4.92. The zero-order valence-corrected chi connectivity index (χ0v) is 39.6. The van der Waals surface area contributed by atoms with Crippen LogP contribution < -0.4 is 17.0 Å². The van der Waals surface area contributed by atoms with Gasteiger partial charge in [0.2, 0.25) is 0 Å². The van der Waals surface area contributed by atoms with Crippen LogP contribution in [0.15, 0.2) is 114 Å². The first kappa shape index (κ1) is 56.4. The minimum Gasteiger partial charge on any atom is -1.00 e. The molecule has 3 rings (SSSR count). The van der Waals surface area contributed by atoms with Crippen molar-refractivity contribution in [1.82, 2.24) is 0 Å². The van der Waals surface area contributed by atoms with E-state index in [0.29, 0.717) is 23.0 Å². The van der Waals surface area contributed by atoms with Gasteiger partial charge in [-0.2, -0.15) is 0 Å². The number of hydrogen-bond acceptors (Lipinski definition) is 7. The SMILES string of the molecule is BrP(Br)Br.C.C=C(C(=O)OC)C(O)c1ccccc1.CC[N+](CC)(CC)C/C(=C/c1ccccc1)C(=O)OC.COC(=O)/C(=C\c1ccccc1)CBr.[Br-]. The molecule has 300 valence electrons. The average Bonchev–Trinajstić information content (AvgIpc) is 3.18. The zero-order valence-electron chi connectivity index (χ0n) is 30.8. The number of aliphatic hydroxyl groups is 1. The number of nitrogens with zero attached hydrogens (tertiary/aromatic N) is 1. The molecule has 0 amide bonds. The van der Waals surface area contributed by atoms with Gasteiger partial charge in [0.1, 0.15) is 16.7 Å². The number of alkyl halides is 1. The maximum absolute atomic E-state index is 12.0. The number of carbonyl (C=O) groups excluding carboxylic acids is 3. The van der Waals surface area contributed by atoms with E-state index < -0.39 is 12.1 Å². The molecule has 0 spiro atoms. The summed E-state index contributed by atoms with van der Waals surface area (Å²) in [4.78, 5) is 34.3. The van der Waals surface area contributed by atoms with E-state index in [-0.39, 0.29) is 45.9 Å². The third-order valence-corrected chi connectivity index (χ3v) is 8.34. The molecule has 1 atom stereocenters. The average molecular weight is 1090 g/mol. The number of hydrogen-bond donors (Lipinski definition) is 1. The van der Waals surface area contributed by atoms with E-state index >= 15 is 0 Å². The minimum absolute atomic E-state index is 0. The number of methoxy groups -OCH3 is 3. The molecule has 1 N–H and O–H groups in total. The quantitative estimate of drug-likeness (QED) is 0.0460. The second-order valence-electron chi connectivity index (χ2n) is 10.7. The second-order valence-corrected chi connectivity index (χ2v) is 26.6. The topological polar surface area (TPSA) is 99.1 Å². The molecule has 14 heteroatoms. The van der Waals surface area contributed by atoms with Gasteiger partial charge < -0.3 is 40.8 Å². The van der Waals surface area contributed by atoms with Crippen molar-refractivity contribution in [3.05, 3.63) is 131 Å². The van der Waals surface area contributed by atoms with Crippen LogP contribution in [-0.4, -0.2) is 80.3 Å². The van der Waals surface area contributed by atoms with E-state index in [4.69, 9.17) is 4.74 Å². The van der Waals surface area contributed by atoms with Crippen LogP contribution in [0.1, 0.15) is 51.0 Å². The van der Waals surface area contributed by atoms with Crippen molar-refractivity contribution in [2.24, 2.45) is 0 Å². The summed E-state index contributed by atoms with van der Waals surface area (Å²) in [5.41, 5.74) is 4.05. The lowest BCUT2D eigenvalue weighted by Gasteiger charge is -2.36. The Morgan fingerprint density at radius 3 is 1.37 bits per heavy atom. The lowest BCUT2D eigenvalue weighted by molar-refractivity contribution is -0.918. The van der Waals surface area contributed by atoms with Crippen molar-refractivity contribution in [2.45, 2.75) is 34.3 Å². The Morgan fingerprint density at radius 1 is 0.704 bits per heavy atom. The van der Waals surface area contributed by atoms with Gasteiger partial charge in [0.25, 0.3) is 0 Å². The number of carbonyl (C=O) groups is 3. The fraction of sp³-hybridized carbons (Fsp3) is 0.325. The van der Waals surface area contributed by atoms with Crippen LogP contribution in [0, 0.1) is 0 Å². The van der Waals surface area contributed by atoms with E-state index in [9.17, 15) is 19.5 Å². The third kappa shape index (κ3) is 23.2. The first-order chi connectivity index (χ1) is 24.8. The van der Waals surface area contributed by atoms with E-state index in [1.54, 1.807) is 30.3 Å². The summed E-state index contributed by atoms with van der Waals surface area (Å²) in [5, 5.41) is 10.2. The molecule has 0 aliphatic carbocycles. The number of halogens is 5. The summed E-state index contributed by atoms with van der Waals surface area (Å²) in [6.07, 6.45) is 2.75. The van der Waals surface area contributed by atoms with E-state index in [0.717, 1.165) is 40.8 Å². The number of rotatable bonds is 13. The Balaban J connectivity index is -0.000000688. The van der Waals surface area contributed by atoms with Gasteiger partial charge in [-0.1, -0.05) is 121 Å². The number of benzene rings is 3. The van der Waals surface area contributed by atoms with Gasteiger partial charge >= 0.3 is 17.9 Å². The molecular weight excluding hydrogens is 1040 g/mol. The molecule has 3 aromatic rings. The first-order valence-electron chi connectivity index (χ1n) is 16.1. The van der Waals surface area contributed by atoms with Crippen molar-refractivity contribution in [2.75, 3.05) is 52.8 Å². The summed E-state index contributed by atoms with van der Waals surface area (Å²) in [6.45, 7) is 13.7. The number of likely N-dealkylation sites (N-methyl/N-ethyl adjacent to an activating group) is 1. The van der Waals surface area contributed by atoms with Gasteiger partial charge in [0.05, 0.1) is 52.1 Å². The molecule has 0 fully saturated rings.